The molecule has 2 aromatic rings. The Bertz CT molecular complexity index is 601. The van der Waals surface area contributed by atoms with E-state index in [2.05, 4.69) is 10.3 Å². The molecule has 1 heterocycles. The summed E-state index contributed by atoms with van der Waals surface area (Å²) in [5, 5.41) is 16.6. The molecule has 18 heavy (non-hydrogen) atoms. The Kier molecular flexibility index (Phi) is 4.02. The zero-order valence-corrected chi connectivity index (χ0v) is 11.6. The summed E-state index contributed by atoms with van der Waals surface area (Å²) in [6.07, 6.45) is 2.58. The van der Waals surface area contributed by atoms with E-state index in [0.717, 1.165) is 6.21 Å². The molecule has 0 aliphatic rings. The Morgan fingerprint density at radius 2 is 1.78 bits per heavy atom. The summed E-state index contributed by atoms with van der Waals surface area (Å²) in [7, 11) is 0. The minimum Gasteiger partial charge on any atom is -0.411 e. The van der Waals surface area contributed by atoms with Crippen LogP contribution in [-0.4, -0.2) is 21.2 Å². The molecule has 0 aliphatic heterocycles. The average molecular weight is 325 g/mol. The van der Waals surface area contributed by atoms with Gasteiger partial charge in [0.15, 0.2) is 0 Å². The van der Waals surface area contributed by atoms with Gasteiger partial charge in [0.2, 0.25) is 0 Å². The number of rotatable bonds is 2. The van der Waals surface area contributed by atoms with Gasteiger partial charge in [0.1, 0.15) is 10.8 Å². The topological polar surface area (TPSA) is 50.4 Å². The van der Waals surface area contributed by atoms with Gasteiger partial charge in [-0.1, -0.05) is 51.6 Å². The van der Waals surface area contributed by atoms with Gasteiger partial charge in [-0.2, -0.15) is 5.10 Å². The molecule has 0 amide bonds. The summed E-state index contributed by atoms with van der Waals surface area (Å²) in [6.45, 7) is 0. The van der Waals surface area contributed by atoms with Crippen LogP contribution in [0, 0.1) is 0 Å². The van der Waals surface area contributed by atoms with Crippen LogP contribution in [0.2, 0.25) is 20.2 Å². The van der Waals surface area contributed by atoms with Crippen molar-refractivity contribution >= 4 is 52.6 Å². The Hall–Kier alpha value is -0.940. The Morgan fingerprint density at radius 3 is 2.33 bits per heavy atom. The number of nitrogens with zero attached hydrogens (tertiary/aromatic N) is 3. The highest BCUT2D eigenvalue weighted by Crippen LogP contribution is 2.34. The van der Waals surface area contributed by atoms with Crippen molar-refractivity contribution in [2.24, 2.45) is 5.16 Å². The fraction of sp³-hybridized carbons (Fsp3) is 0. The first-order valence-corrected chi connectivity index (χ1v) is 6.11. The van der Waals surface area contributed by atoms with Gasteiger partial charge >= 0.3 is 0 Å². The lowest BCUT2D eigenvalue weighted by atomic mass is 10.3. The number of hydrogen-bond acceptors (Lipinski definition) is 3. The molecule has 94 valence electrons. The number of halogens is 4. The molecule has 0 bridgehead atoms. The van der Waals surface area contributed by atoms with Gasteiger partial charge in [0.05, 0.1) is 28.0 Å². The standard InChI is InChI=1S/C10H5Cl4N3O/c11-6-1-7(12)9(8(13)2-6)17-10(14)5(3-15-17)4-16-18/h1-4,18H. The molecule has 0 fully saturated rings. The predicted octanol–water partition coefficient (Wildman–Crippen LogP) is 4.29. The van der Waals surface area contributed by atoms with Crippen molar-refractivity contribution in [3.8, 4) is 5.69 Å². The molecule has 1 N–H and O–H groups in total. The molecular weight excluding hydrogens is 320 g/mol. The van der Waals surface area contributed by atoms with E-state index in [1.165, 1.54) is 23.0 Å². The minimum absolute atomic E-state index is 0.221. The zero-order chi connectivity index (χ0) is 13.3. The fourth-order valence-electron chi connectivity index (χ4n) is 1.39. The molecule has 0 aliphatic carbocycles. The number of aromatic nitrogens is 2. The first-order valence-electron chi connectivity index (χ1n) is 4.60. The van der Waals surface area contributed by atoms with Crippen molar-refractivity contribution in [1.82, 2.24) is 9.78 Å². The lowest BCUT2D eigenvalue weighted by Crippen LogP contribution is -1.99. The largest absolute Gasteiger partial charge is 0.411 e. The van der Waals surface area contributed by atoms with Crippen molar-refractivity contribution < 1.29 is 5.21 Å². The summed E-state index contributed by atoms with van der Waals surface area (Å²) in [5.74, 6) is 0. The highest BCUT2D eigenvalue weighted by atomic mass is 35.5. The van der Waals surface area contributed by atoms with Gasteiger partial charge in [0.25, 0.3) is 0 Å². The van der Waals surface area contributed by atoms with Gasteiger partial charge in [-0.05, 0) is 12.1 Å². The quantitative estimate of drug-likeness (QED) is 0.509. The van der Waals surface area contributed by atoms with Crippen molar-refractivity contribution in [3.63, 3.8) is 0 Å². The molecule has 0 spiro atoms. The summed E-state index contributed by atoms with van der Waals surface area (Å²) in [5.41, 5.74) is 0.839. The van der Waals surface area contributed by atoms with Crippen LogP contribution in [0.15, 0.2) is 23.5 Å². The van der Waals surface area contributed by atoms with Crippen molar-refractivity contribution in [2.45, 2.75) is 0 Å². The van der Waals surface area contributed by atoms with Crippen molar-refractivity contribution in [2.75, 3.05) is 0 Å². The predicted molar refractivity (Wildman–Crippen MR) is 73.0 cm³/mol. The Balaban J connectivity index is 2.63. The molecule has 0 atom stereocenters. The van der Waals surface area contributed by atoms with E-state index in [-0.39, 0.29) is 5.15 Å². The molecule has 0 unspecified atom stereocenters. The lowest BCUT2D eigenvalue weighted by molar-refractivity contribution is 0.322. The smallest absolute Gasteiger partial charge is 0.141 e. The summed E-state index contributed by atoms with van der Waals surface area (Å²) in [6, 6.07) is 3.06. The second-order valence-electron chi connectivity index (χ2n) is 3.27. The maximum absolute atomic E-state index is 8.47. The molecule has 0 saturated heterocycles. The van der Waals surface area contributed by atoms with E-state index < -0.39 is 0 Å². The van der Waals surface area contributed by atoms with Crippen LogP contribution in [0.5, 0.6) is 0 Å². The maximum atomic E-state index is 8.47. The normalized spacial score (nSPS) is 11.3. The molecule has 4 nitrogen and oxygen atoms in total. The van der Waals surface area contributed by atoms with Crippen LogP contribution in [0.25, 0.3) is 5.69 Å². The van der Waals surface area contributed by atoms with Crippen LogP contribution in [0.4, 0.5) is 0 Å². The maximum Gasteiger partial charge on any atom is 0.141 e. The molecule has 1 aromatic carbocycles. The first-order chi connectivity index (χ1) is 8.54. The van der Waals surface area contributed by atoms with E-state index in [1.807, 2.05) is 0 Å². The Morgan fingerprint density at radius 1 is 1.17 bits per heavy atom. The van der Waals surface area contributed by atoms with E-state index >= 15 is 0 Å². The van der Waals surface area contributed by atoms with Crippen LogP contribution >= 0.6 is 46.4 Å². The van der Waals surface area contributed by atoms with Gasteiger partial charge < -0.3 is 5.21 Å². The van der Waals surface area contributed by atoms with Gasteiger partial charge in [0, 0.05) is 5.02 Å². The molecule has 2 rings (SSSR count). The third-order valence-electron chi connectivity index (χ3n) is 2.13. The number of hydrogen-bond donors (Lipinski definition) is 1. The van der Waals surface area contributed by atoms with E-state index in [9.17, 15) is 0 Å². The van der Waals surface area contributed by atoms with Crippen LogP contribution in [0.1, 0.15) is 5.56 Å². The van der Waals surface area contributed by atoms with Gasteiger partial charge in [-0.15, -0.1) is 0 Å². The Labute approximate surface area is 122 Å². The van der Waals surface area contributed by atoms with Crippen LogP contribution in [0.3, 0.4) is 0 Å². The molecule has 8 heteroatoms. The third kappa shape index (κ3) is 2.42. The van der Waals surface area contributed by atoms with Crippen molar-refractivity contribution in [3.05, 3.63) is 44.1 Å². The SMILES string of the molecule is ON=Cc1cnn(-c2c(Cl)cc(Cl)cc2Cl)c1Cl. The molecule has 0 saturated carbocycles. The summed E-state index contributed by atoms with van der Waals surface area (Å²) in [4.78, 5) is 0. The molecule has 0 radical (unpaired) electrons. The second-order valence-corrected chi connectivity index (χ2v) is 4.87. The van der Waals surface area contributed by atoms with E-state index in [1.54, 1.807) is 0 Å². The average Bonchev–Trinajstić information content (AvgIpc) is 2.61. The second kappa shape index (κ2) is 5.36. The number of benzene rings is 1. The van der Waals surface area contributed by atoms with E-state index in [4.69, 9.17) is 51.6 Å². The van der Waals surface area contributed by atoms with E-state index in [0.29, 0.717) is 26.3 Å². The van der Waals surface area contributed by atoms with Gasteiger partial charge in [-0.3, -0.25) is 0 Å². The zero-order valence-electron chi connectivity index (χ0n) is 8.61. The molecular formula is C10H5Cl4N3O. The summed E-state index contributed by atoms with van der Waals surface area (Å²) < 4.78 is 1.33. The fourth-order valence-corrected chi connectivity index (χ4v) is 2.59. The highest BCUT2D eigenvalue weighted by Gasteiger charge is 2.15. The third-order valence-corrected chi connectivity index (χ3v) is 3.30. The highest BCUT2D eigenvalue weighted by molar-refractivity contribution is 6.41. The van der Waals surface area contributed by atoms with Crippen molar-refractivity contribution in [1.29, 1.82) is 0 Å². The lowest BCUT2D eigenvalue weighted by Gasteiger charge is -2.08. The summed E-state index contributed by atoms with van der Waals surface area (Å²) >= 11 is 24.0. The van der Waals surface area contributed by atoms with Crippen LogP contribution < -0.4 is 0 Å². The molecule has 1 aromatic heterocycles. The minimum atomic E-state index is 0.221. The first kappa shape index (κ1) is 13.5. The van der Waals surface area contributed by atoms with Crippen LogP contribution in [-0.2, 0) is 0 Å². The monoisotopic (exact) mass is 323 g/mol. The number of oxime groups is 1. The van der Waals surface area contributed by atoms with Gasteiger partial charge in [-0.25, -0.2) is 4.68 Å².